The number of carbonyl (C=O) groups is 1. The largest absolute Gasteiger partial charge is 0.454 e. The van der Waals surface area contributed by atoms with E-state index in [1.807, 2.05) is 23.1 Å². The predicted molar refractivity (Wildman–Crippen MR) is 76.2 cm³/mol. The summed E-state index contributed by atoms with van der Waals surface area (Å²) in [5.74, 6) is 1.98. The van der Waals surface area contributed by atoms with Gasteiger partial charge in [0.2, 0.25) is 12.7 Å². The molecule has 2 N–H and O–H groups in total. The number of primary amides is 1. The number of hydrogen-bond donors (Lipinski definition) is 1. The first kappa shape index (κ1) is 13.1. The molecule has 0 radical (unpaired) electrons. The first-order valence-electron chi connectivity index (χ1n) is 7.09. The summed E-state index contributed by atoms with van der Waals surface area (Å²) >= 11 is 0. The Balaban J connectivity index is 1.67. The van der Waals surface area contributed by atoms with E-state index in [4.69, 9.17) is 19.7 Å². The van der Waals surface area contributed by atoms with Crippen molar-refractivity contribution in [1.29, 1.82) is 0 Å². The topological polar surface area (TPSA) is 90.8 Å². The van der Waals surface area contributed by atoms with Crippen LogP contribution < -0.4 is 15.2 Å². The third-order valence-corrected chi connectivity index (χ3v) is 3.93. The van der Waals surface area contributed by atoms with E-state index in [-0.39, 0.29) is 19.2 Å². The van der Waals surface area contributed by atoms with E-state index in [2.05, 4.69) is 5.16 Å². The molecule has 0 saturated carbocycles. The van der Waals surface area contributed by atoms with Gasteiger partial charge in [0.05, 0.1) is 6.54 Å². The third-order valence-electron chi connectivity index (χ3n) is 3.93. The van der Waals surface area contributed by atoms with E-state index in [0.717, 1.165) is 41.3 Å². The lowest BCUT2D eigenvalue weighted by Gasteiger charge is -2.24. The quantitative estimate of drug-likeness (QED) is 0.906. The van der Waals surface area contributed by atoms with Crippen molar-refractivity contribution in [2.24, 2.45) is 5.73 Å². The molecule has 2 aliphatic rings. The first-order valence-corrected chi connectivity index (χ1v) is 7.09. The standard InChI is InChI=1S/C15H15N3O4/c16-14(19)7-18-4-3-11-10(6-18)15(17-22-11)9-1-2-12-13(5-9)21-8-20-12/h1-2,5H,3-4,6-8H2,(H2,16,19). The van der Waals surface area contributed by atoms with Crippen LogP contribution in [0.1, 0.15) is 11.3 Å². The van der Waals surface area contributed by atoms with Crippen LogP contribution in [0.15, 0.2) is 22.7 Å². The van der Waals surface area contributed by atoms with Crippen molar-refractivity contribution in [3.63, 3.8) is 0 Å². The van der Waals surface area contributed by atoms with Gasteiger partial charge in [-0.15, -0.1) is 0 Å². The van der Waals surface area contributed by atoms with Gasteiger partial charge < -0.3 is 19.7 Å². The van der Waals surface area contributed by atoms with E-state index >= 15 is 0 Å². The Kier molecular flexibility index (Phi) is 3.00. The molecule has 4 rings (SSSR count). The molecule has 0 spiro atoms. The predicted octanol–water partition coefficient (Wildman–Crippen LogP) is 0.914. The van der Waals surface area contributed by atoms with Crippen LogP contribution in [0.3, 0.4) is 0 Å². The normalized spacial score (nSPS) is 16.5. The summed E-state index contributed by atoms with van der Waals surface area (Å²) in [6.45, 7) is 1.82. The summed E-state index contributed by atoms with van der Waals surface area (Å²) in [7, 11) is 0. The van der Waals surface area contributed by atoms with Crippen molar-refractivity contribution in [2.45, 2.75) is 13.0 Å². The van der Waals surface area contributed by atoms with Gasteiger partial charge in [-0.25, -0.2) is 0 Å². The Bertz CT molecular complexity index is 740. The molecule has 3 heterocycles. The van der Waals surface area contributed by atoms with Gasteiger partial charge in [0.1, 0.15) is 11.5 Å². The van der Waals surface area contributed by atoms with Crippen molar-refractivity contribution in [2.75, 3.05) is 19.9 Å². The molecular formula is C15H15N3O4. The molecule has 1 amide bonds. The minimum absolute atomic E-state index is 0.238. The van der Waals surface area contributed by atoms with Gasteiger partial charge >= 0.3 is 0 Å². The van der Waals surface area contributed by atoms with E-state index in [1.54, 1.807) is 0 Å². The zero-order chi connectivity index (χ0) is 15.1. The lowest BCUT2D eigenvalue weighted by Crippen LogP contribution is -2.37. The molecule has 0 saturated heterocycles. The second-order valence-electron chi connectivity index (χ2n) is 5.43. The van der Waals surface area contributed by atoms with E-state index in [9.17, 15) is 4.79 Å². The summed E-state index contributed by atoms with van der Waals surface area (Å²) in [6.07, 6.45) is 0.722. The Morgan fingerprint density at radius 2 is 2.18 bits per heavy atom. The van der Waals surface area contributed by atoms with Gasteiger partial charge in [-0.05, 0) is 18.2 Å². The number of benzene rings is 1. The lowest BCUT2D eigenvalue weighted by molar-refractivity contribution is -0.119. The van der Waals surface area contributed by atoms with Crippen LogP contribution in [-0.2, 0) is 17.8 Å². The second-order valence-corrected chi connectivity index (χ2v) is 5.43. The number of aromatic nitrogens is 1. The van der Waals surface area contributed by atoms with Crippen LogP contribution in [0.4, 0.5) is 0 Å². The van der Waals surface area contributed by atoms with Gasteiger partial charge in [0.15, 0.2) is 11.5 Å². The summed E-state index contributed by atoms with van der Waals surface area (Å²) in [6, 6.07) is 5.69. The molecule has 0 fully saturated rings. The molecule has 1 aromatic carbocycles. The minimum Gasteiger partial charge on any atom is -0.454 e. The van der Waals surface area contributed by atoms with Crippen LogP contribution in [-0.4, -0.2) is 35.8 Å². The molecule has 0 aliphatic carbocycles. The fraction of sp³-hybridized carbons (Fsp3) is 0.333. The molecular weight excluding hydrogens is 286 g/mol. The van der Waals surface area contributed by atoms with Crippen LogP contribution in [0, 0.1) is 0 Å². The van der Waals surface area contributed by atoms with Crippen molar-refractivity contribution in [3.05, 3.63) is 29.5 Å². The van der Waals surface area contributed by atoms with Crippen molar-refractivity contribution >= 4 is 5.91 Å². The summed E-state index contributed by atoms with van der Waals surface area (Å²) in [5, 5.41) is 4.19. The van der Waals surface area contributed by atoms with Crippen LogP contribution in [0.5, 0.6) is 11.5 Å². The van der Waals surface area contributed by atoms with Crippen LogP contribution in [0.2, 0.25) is 0 Å². The fourth-order valence-corrected chi connectivity index (χ4v) is 2.89. The molecule has 2 aromatic rings. The highest BCUT2D eigenvalue weighted by Gasteiger charge is 2.26. The number of rotatable bonds is 3. The van der Waals surface area contributed by atoms with Crippen molar-refractivity contribution < 1.29 is 18.8 Å². The van der Waals surface area contributed by atoms with Gasteiger partial charge in [-0.1, -0.05) is 5.16 Å². The Labute approximate surface area is 126 Å². The summed E-state index contributed by atoms with van der Waals surface area (Å²) < 4.78 is 16.2. The van der Waals surface area contributed by atoms with E-state index in [1.165, 1.54) is 0 Å². The third kappa shape index (κ3) is 2.19. The highest BCUT2D eigenvalue weighted by molar-refractivity contribution is 5.76. The molecule has 114 valence electrons. The number of ether oxygens (including phenoxy) is 2. The fourth-order valence-electron chi connectivity index (χ4n) is 2.89. The highest BCUT2D eigenvalue weighted by atomic mass is 16.7. The van der Waals surface area contributed by atoms with E-state index in [0.29, 0.717) is 12.3 Å². The van der Waals surface area contributed by atoms with Crippen molar-refractivity contribution in [1.82, 2.24) is 10.1 Å². The maximum absolute atomic E-state index is 11.1. The Morgan fingerprint density at radius 1 is 1.32 bits per heavy atom. The molecule has 7 nitrogen and oxygen atoms in total. The number of amides is 1. The molecule has 7 heteroatoms. The molecule has 0 atom stereocenters. The second kappa shape index (κ2) is 5.03. The molecule has 0 bridgehead atoms. The highest BCUT2D eigenvalue weighted by Crippen LogP contribution is 2.37. The maximum Gasteiger partial charge on any atom is 0.231 e. The number of fused-ring (bicyclic) bond motifs is 2. The smallest absolute Gasteiger partial charge is 0.231 e. The average Bonchev–Trinajstić information content (AvgIpc) is 3.11. The van der Waals surface area contributed by atoms with Crippen molar-refractivity contribution in [3.8, 4) is 22.8 Å². The average molecular weight is 301 g/mol. The summed E-state index contributed by atoms with van der Waals surface area (Å²) in [5.41, 5.74) is 7.98. The number of hydrogen-bond acceptors (Lipinski definition) is 6. The van der Waals surface area contributed by atoms with Gasteiger partial charge in [0, 0.05) is 30.6 Å². The van der Waals surface area contributed by atoms with Crippen LogP contribution in [0.25, 0.3) is 11.3 Å². The number of nitrogens with zero attached hydrogens (tertiary/aromatic N) is 2. The molecule has 22 heavy (non-hydrogen) atoms. The molecule has 0 unspecified atom stereocenters. The van der Waals surface area contributed by atoms with Crippen LogP contribution >= 0.6 is 0 Å². The Morgan fingerprint density at radius 3 is 3.05 bits per heavy atom. The maximum atomic E-state index is 11.1. The summed E-state index contributed by atoms with van der Waals surface area (Å²) in [4.78, 5) is 13.1. The van der Waals surface area contributed by atoms with E-state index < -0.39 is 0 Å². The van der Waals surface area contributed by atoms with Gasteiger partial charge in [0.25, 0.3) is 0 Å². The number of carbonyl (C=O) groups excluding carboxylic acids is 1. The zero-order valence-electron chi connectivity index (χ0n) is 11.9. The Hall–Kier alpha value is -2.54. The number of nitrogens with two attached hydrogens (primary N) is 1. The van der Waals surface area contributed by atoms with Gasteiger partial charge in [-0.3, -0.25) is 9.69 Å². The first-order chi connectivity index (χ1) is 10.7. The SMILES string of the molecule is NC(=O)CN1CCc2onc(-c3ccc4c(c3)OCO4)c2C1. The zero-order valence-corrected chi connectivity index (χ0v) is 11.9. The minimum atomic E-state index is -0.329. The van der Waals surface area contributed by atoms with Gasteiger partial charge in [-0.2, -0.15) is 0 Å². The lowest BCUT2D eigenvalue weighted by atomic mass is 10.0. The molecule has 2 aliphatic heterocycles. The molecule has 1 aromatic heterocycles. The monoisotopic (exact) mass is 301 g/mol.